The predicted molar refractivity (Wildman–Crippen MR) is 86.7 cm³/mol. The average molecular weight is 315 g/mol. The van der Waals surface area contributed by atoms with Gasteiger partial charge in [-0.15, -0.1) is 11.3 Å². The van der Waals surface area contributed by atoms with Crippen LogP contribution in [0.2, 0.25) is 0 Å². The van der Waals surface area contributed by atoms with E-state index in [1.165, 1.54) is 27.5 Å². The number of rotatable bonds is 2. The lowest BCUT2D eigenvalue weighted by atomic mass is 10.2. The van der Waals surface area contributed by atoms with Crippen LogP contribution in [0, 0.1) is 0 Å². The van der Waals surface area contributed by atoms with Crippen LogP contribution in [0.1, 0.15) is 9.67 Å². The molecule has 0 radical (unpaired) electrons. The maximum atomic E-state index is 12.1. The van der Waals surface area contributed by atoms with Crippen molar-refractivity contribution in [1.82, 2.24) is 9.13 Å². The summed E-state index contributed by atoms with van der Waals surface area (Å²) in [6.45, 7) is 0. The number of nitrogens with zero attached hydrogens (tertiary/aromatic N) is 2. The van der Waals surface area contributed by atoms with Crippen molar-refractivity contribution >= 4 is 34.0 Å². The van der Waals surface area contributed by atoms with E-state index in [1.807, 2.05) is 5.38 Å². The Kier molecular flexibility index (Phi) is 3.42. The van der Waals surface area contributed by atoms with E-state index in [0.717, 1.165) is 0 Å². The topological polar surface area (TPSA) is 73.1 Å². The van der Waals surface area contributed by atoms with E-state index in [2.05, 4.69) is 5.32 Å². The molecule has 1 N–H and O–H groups in total. The van der Waals surface area contributed by atoms with E-state index < -0.39 is 11.1 Å². The number of thiophene rings is 1. The molecular weight excluding hydrogens is 302 g/mol. The Morgan fingerprint density at radius 2 is 1.73 bits per heavy atom. The molecule has 0 fully saturated rings. The van der Waals surface area contributed by atoms with Gasteiger partial charge in [0.25, 0.3) is 5.91 Å². The fourth-order valence-electron chi connectivity index (χ4n) is 2.26. The first-order valence-electron chi connectivity index (χ1n) is 6.53. The number of amides is 1. The normalized spacial score (nSPS) is 10.8. The summed E-state index contributed by atoms with van der Waals surface area (Å²) in [7, 11) is 3.09. The number of aromatic nitrogens is 2. The van der Waals surface area contributed by atoms with Crippen molar-refractivity contribution in [2.45, 2.75) is 0 Å². The first kappa shape index (κ1) is 14.3. The zero-order valence-corrected chi connectivity index (χ0v) is 12.8. The third-order valence-electron chi connectivity index (χ3n) is 3.49. The summed E-state index contributed by atoms with van der Waals surface area (Å²) in [6.07, 6.45) is 0. The van der Waals surface area contributed by atoms with Gasteiger partial charge in [0.05, 0.1) is 15.9 Å². The van der Waals surface area contributed by atoms with E-state index in [1.54, 1.807) is 37.4 Å². The highest BCUT2D eigenvalue weighted by molar-refractivity contribution is 7.12. The molecule has 0 atom stereocenters. The monoisotopic (exact) mass is 315 g/mol. The molecule has 112 valence electrons. The Morgan fingerprint density at radius 1 is 1.05 bits per heavy atom. The summed E-state index contributed by atoms with van der Waals surface area (Å²) in [5.41, 5.74) is 0.596. The van der Waals surface area contributed by atoms with E-state index in [9.17, 15) is 14.4 Å². The minimum atomic E-state index is -0.600. The van der Waals surface area contributed by atoms with E-state index >= 15 is 0 Å². The molecule has 0 spiro atoms. The van der Waals surface area contributed by atoms with Crippen molar-refractivity contribution in [3.63, 3.8) is 0 Å². The van der Waals surface area contributed by atoms with E-state index in [4.69, 9.17) is 0 Å². The van der Waals surface area contributed by atoms with Gasteiger partial charge >= 0.3 is 11.1 Å². The minimum Gasteiger partial charge on any atom is -0.321 e. The second-order valence-electron chi connectivity index (χ2n) is 4.86. The summed E-state index contributed by atoms with van der Waals surface area (Å²) in [6, 6.07) is 8.64. The standard InChI is InChI=1S/C15H13N3O3S/c1-17-10-6-5-9(16-13(19)12-4-3-7-22-12)8-11(10)18(2)15(21)14(17)20/h3-8H,1-2H3,(H,16,19). The van der Waals surface area contributed by atoms with Crippen LogP contribution < -0.4 is 16.4 Å². The van der Waals surface area contributed by atoms with Gasteiger partial charge in [0.1, 0.15) is 0 Å². The van der Waals surface area contributed by atoms with Crippen molar-refractivity contribution in [1.29, 1.82) is 0 Å². The lowest BCUT2D eigenvalue weighted by Gasteiger charge is -2.11. The van der Waals surface area contributed by atoms with Crippen LogP contribution in [0.5, 0.6) is 0 Å². The van der Waals surface area contributed by atoms with Gasteiger partial charge in [-0.3, -0.25) is 14.4 Å². The first-order chi connectivity index (χ1) is 10.5. The molecule has 3 aromatic rings. The Balaban J connectivity index is 2.09. The number of anilines is 1. The van der Waals surface area contributed by atoms with Crippen molar-refractivity contribution in [3.05, 3.63) is 61.3 Å². The molecule has 2 heterocycles. The third-order valence-corrected chi connectivity index (χ3v) is 4.36. The van der Waals surface area contributed by atoms with Crippen LogP contribution in [0.15, 0.2) is 45.3 Å². The van der Waals surface area contributed by atoms with Gasteiger partial charge in [-0.2, -0.15) is 0 Å². The third kappa shape index (κ3) is 2.25. The van der Waals surface area contributed by atoms with Gasteiger partial charge in [-0.05, 0) is 29.6 Å². The second-order valence-corrected chi connectivity index (χ2v) is 5.81. The van der Waals surface area contributed by atoms with Gasteiger partial charge in [-0.25, -0.2) is 0 Å². The van der Waals surface area contributed by atoms with Gasteiger partial charge in [0.2, 0.25) is 0 Å². The first-order valence-corrected chi connectivity index (χ1v) is 7.41. The number of carbonyl (C=O) groups excluding carboxylic acids is 1. The lowest BCUT2D eigenvalue weighted by Crippen LogP contribution is -2.39. The molecule has 0 aliphatic rings. The molecule has 3 rings (SSSR count). The highest BCUT2D eigenvalue weighted by Gasteiger charge is 2.11. The molecule has 2 aromatic heterocycles. The fraction of sp³-hybridized carbons (Fsp3) is 0.133. The van der Waals surface area contributed by atoms with Crippen LogP contribution in [-0.4, -0.2) is 15.0 Å². The van der Waals surface area contributed by atoms with Gasteiger partial charge in [0, 0.05) is 19.8 Å². The number of hydrogen-bond donors (Lipinski definition) is 1. The summed E-state index contributed by atoms with van der Waals surface area (Å²) >= 11 is 1.35. The maximum absolute atomic E-state index is 12.1. The van der Waals surface area contributed by atoms with Gasteiger partial charge in [0.15, 0.2) is 0 Å². The van der Waals surface area contributed by atoms with Crippen LogP contribution in [0.25, 0.3) is 11.0 Å². The molecule has 22 heavy (non-hydrogen) atoms. The van der Waals surface area contributed by atoms with Crippen molar-refractivity contribution in [2.75, 3.05) is 5.32 Å². The Bertz CT molecular complexity index is 984. The molecule has 7 heteroatoms. The van der Waals surface area contributed by atoms with Crippen LogP contribution in [0.4, 0.5) is 5.69 Å². The molecule has 0 bridgehead atoms. The Hall–Kier alpha value is -2.67. The largest absolute Gasteiger partial charge is 0.321 e. The Labute approximate surface area is 129 Å². The molecule has 0 saturated carbocycles. The molecule has 0 saturated heterocycles. The SMILES string of the molecule is Cn1c(=O)c(=O)n(C)c2cc(NC(=O)c3cccs3)ccc21. The number of carbonyl (C=O) groups is 1. The molecule has 0 aliphatic carbocycles. The van der Waals surface area contributed by atoms with Gasteiger partial charge in [-0.1, -0.05) is 6.07 Å². The van der Waals surface area contributed by atoms with Gasteiger partial charge < -0.3 is 14.5 Å². The minimum absolute atomic E-state index is 0.204. The second kappa shape index (κ2) is 5.27. The number of hydrogen-bond acceptors (Lipinski definition) is 4. The lowest BCUT2D eigenvalue weighted by molar-refractivity contribution is 0.103. The maximum Gasteiger partial charge on any atom is 0.316 e. The van der Waals surface area contributed by atoms with Crippen molar-refractivity contribution in [2.24, 2.45) is 14.1 Å². The average Bonchev–Trinajstić information content (AvgIpc) is 3.05. The quantitative estimate of drug-likeness (QED) is 0.729. The molecule has 0 aliphatic heterocycles. The number of nitrogens with one attached hydrogen (secondary N) is 1. The van der Waals surface area contributed by atoms with Crippen molar-refractivity contribution < 1.29 is 4.79 Å². The smallest absolute Gasteiger partial charge is 0.316 e. The summed E-state index contributed by atoms with van der Waals surface area (Å²) in [5, 5.41) is 4.61. The highest BCUT2D eigenvalue weighted by atomic mass is 32.1. The number of benzene rings is 1. The van der Waals surface area contributed by atoms with Crippen LogP contribution >= 0.6 is 11.3 Å². The molecular formula is C15H13N3O3S. The molecule has 0 unspecified atom stereocenters. The summed E-state index contributed by atoms with van der Waals surface area (Å²) in [5.74, 6) is -0.204. The van der Waals surface area contributed by atoms with E-state index in [0.29, 0.717) is 21.6 Å². The zero-order valence-electron chi connectivity index (χ0n) is 12.0. The Morgan fingerprint density at radius 3 is 2.36 bits per heavy atom. The summed E-state index contributed by atoms with van der Waals surface area (Å²) < 4.78 is 2.60. The fourth-order valence-corrected chi connectivity index (χ4v) is 2.88. The predicted octanol–water partition coefficient (Wildman–Crippen LogP) is 1.55. The number of aryl methyl sites for hydroxylation is 2. The molecule has 1 aromatic carbocycles. The molecule has 1 amide bonds. The number of fused-ring (bicyclic) bond motifs is 1. The van der Waals surface area contributed by atoms with Crippen LogP contribution in [0.3, 0.4) is 0 Å². The van der Waals surface area contributed by atoms with E-state index in [-0.39, 0.29) is 5.91 Å². The highest BCUT2D eigenvalue weighted by Crippen LogP contribution is 2.18. The van der Waals surface area contributed by atoms with Crippen LogP contribution in [-0.2, 0) is 14.1 Å². The van der Waals surface area contributed by atoms with Crippen molar-refractivity contribution in [3.8, 4) is 0 Å². The zero-order chi connectivity index (χ0) is 15.9. The summed E-state index contributed by atoms with van der Waals surface area (Å²) in [4.78, 5) is 36.3. The molecule has 6 nitrogen and oxygen atoms in total.